The van der Waals surface area contributed by atoms with Gasteiger partial charge in [0.25, 0.3) is 0 Å². The quantitative estimate of drug-likeness (QED) is 0.543. The molecule has 2 N–H and O–H groups in total. The van der Waals surface area contributed by atoms with Crippen LogP contribution in [0.2, 0.25) is 0 Å². The molecule has 0 spiro atoms. The topological polar surface area (TPSA) is 52.6 Å². The van der Waals surface area contributed by atoms with Crippen molar-refractivity contribution in [2.45, 2.75) is 25.9 Å². The predicted molar refractivity (Wildman–Crippen MR) is 117 cm³/mol. The molecular weight excluding hydrogens is 346 g/mol. The summed E-state index contributed by atoms with van der Waals surface area (Å²) in [6.45, 7) is 4.81. The van der Waals surface area contributed by atoms with Gasteiger partial charge in [0.1, 0.15) is 0 Å². The summed E-state index contributed by atoms with van der Waals surface area (Å²) in [5, 5.41) is 9.38. The minimum atomic E-state index is 0.382. The SMILES string of the molecule is CN=C(NCc1nccc2ccccc12)NC1CCN(c2ccc(C)cc2)C1. The van der Waals surface area contributed by atoms with Gasteiger partial charge in [-0.15, -0.1) is 0 Å². The van der Waals surface area contributed by atoms with Crippen LogP contribution in [0.25, 0.3) is 10.8 Å². The third-order valence-electron chi connectivity index (χ3n) is 5.33. The molecule has 2 aromatic carbocycles. The molecule has 0 saturated carbocycles. The fraction of sp³-hybridized carbons (Fsp3) is 0.304. The molecule has 2 heterocycles. The molecule has 1 atom stereocenters. The van der Waals surface area contributed by atoms with Crippen molar-refractivity contribution in [1.29, 1.82) is 0 Å². The number of aliphatic imine (C=N–C) groups is 1. The molecule has 1 fully saturated rings. The minimum absolute atomic E-state index is 0.382. The van der Waals surface area contributed by atoms with E-state index in [1.54, 1.807) is 0 Å². The Morgan fingerprint density at radius 1 is 1.14 bits per heavy atom. The molecular formula is C23H27N5. The van der Waals surface area contributed by atoms with Crippen LogP contribution in [0.3, 0.4) is 0 Å². The highest BCUT2D eigenvalue weighted by Crippen LogP contribution is 2.21. The van der Waals surface area contributed by atoms with Crippen LogP contribution < -0.4 is 15.5 Å². The lowest BCUT2D eigenvalue weighted by Gasteiger charge is -2.20. The number of nitrogens with zero attached hydrogens (tertiary/aromatic N) is 3. The Labute approximate surface area is 166 Å². The summed E-state index contributed by atoms with van der Waals surface area (Å²) in [6.07, 6.45) is 2.97. The fourth-order valence-corrected chi connectivity index (χ4v) is 3.75. The predicted octanol–water partition coefficient (Wildman–Crippen LogP) is 3.49. The number of fused-ring (bicyclic) bond motifs is 1. The zero-order chi connectivity index (χ0) is 19.3. The minimum Gasteiger partial charge on any atom is -0.369 e. The molecule has 0 radical (unpaired) electrons. The van der Waals surface area contributed by atoms with Crippen molar-refractivity contribution in [2.24, 2.45) is 4.99 Å². The van der Waals surface area contributed by atoms with Gasteiger partial charge in [0.05, 0.1) is 12.2 Å². The molecule has 1 aliphatic rings. The maximum atomic E-state index is 4.55. The number of pyridine rings is 1. The molecule has 144 valence electrons. The summed E-state index contributed by atoms with van der Waals surface area (Å²) in [4.78, 5) is 11.4. The first kappa shape index (κ1) is 18.3. The van der Waals surface area contributed by atoms with Gasteiger partial charge >= 0.3 is 0 Å². The Balaban J connectivity index is 1.36. The second kappa shape index (κ2) is 8.30. The third-order valence-corrected chi connectivity index (χ3v) is 5.33. The standard InChI is InChI=1S/C23H27N5/c1-17-7-9-20(10-8-17)28-14-12-19(16-28)27-23(24-2)26-15-22-21-6-4-3-5-18(21)11-13-25-22/h3-11,13,19H,12,14-16H2,1-2H3,(H2,24,26,27). The number of hydrogen-bond acceptors (Lipinski definition) is 3. The first-order valence-corrected chi connectivity index (χ1v) is 9.84. The van der Waals surface area contributed by atoms with Gasteiger partial charge in [-0.2, -0.15) is 0 Å². The number of anilines is 1. The van der Waals surface area contributed by atoms with Gasteiger partial charge in [0.15, 0.2) is 5.96 Å². The van der Waals surface area contributed by atoms with Crippen molar-refractivity contribution in [3.63, 3.8) is 0 Å². The van der Waals surface area contributed by atoms with E-state index in [0.717, 1.165) is 31.2 Å². The van der Waals surface area contributed by atoms with Crippen LogP contribution >= 0.6 is 0 Å². The van der Waals surface area contributed by atoms with E-state index in [1.807, 2.05) is 19.3 Å². The highest BCUT2D eigenvalue weighted by Gasteiger charge is 2.23. The van der Waals surface area contributed by atoms with Crippen LogP contribution in [-0.4, -0.2) is 37.1 Å². The number of aromatic nitrogens is 1. The summed E-state index contributed by atoms with van der Waals surface area (Å²) in [7, 11) is 1.82. The number of guanidine groups is 1. The van der Waals surface area contributed by atoms with Crippen molar-refractivity contribution in [2.75, 3.05) is 25.0 Å². The van der Waals surface area contributed by atoms with Crippen LogP contribution in [0, 0.1) is 6.92 Å². The van der Waals surface area contributed by atoms with Crippen LogP contribution in [0.4, 0.5) is 5.69 Å². The van der Waals surface area contributed by atoms with Crippen LogP contribution in [-0.2, 0) is 6.54 Å². The lowest BCUT2D eigenvalue weighted by atomic mass is 10.1. The van der Waals surface area contributed by atoms with Crippen molar-refractivity contribution in [3.8, 4) is 0 Å². The van der Waals surface area contributed by atoms with Crippen molar-refractivity contribution < 1.29 is 0 Å². The van der Waals surface area contributed by atoms with Gasteiger partial charge in [-0.3, -0.25) is 9.98 Å². The smallest absolute Gasteiger partial charge is 0.191 e. The van der Waals surface area contributed by atoms with Gasteiger partial charge in [-0.05, 0) is 36.9 Å². The Bertz CT molecular complexity index is 959. The maximum absolute atomic E-state index is 4.55. The zero-order valence-electron chi connectivity index (χ0n) is 16.5. The zero-order valence-corrected chi connectivity index (χ0v) is 16.5. The van der Waals surface area contributed by atoms with E-state index in [-0.39, 0.29) is 0 Å². The van der Waals surface area contributed by atoms with Crippen LogP contribution in [0.15, 0.2) is 65.8 Å². The molecule has 1 aromatic heterocycles. The van der Waals surface area contributed by atoms with Crippen molar-refractivity contribution in [3.05, 3.63) is 72.1 Å². The maximum Gasteiger partial charge on any atom is 0.191 e. The molecule has 4 rings (SSSR count). The second-order valence-corrected chi connectivity index (χ2v) is 7.32. The summed E-state index contributed by atoms with van der Waals surface area (Å²) in [5.74, 6) is 0.825. The molecule has 0 bridgehead atoms. The van der Waals surface area contributed by atoms with E-state index in [9.17, 15) is 0 Å². The molecule has 1 aliphatic heterocycles. The van der Waals surface area contributed by atoms with Gasteiger partial charge in [-0.1, -0.05) is 42.0 Å². The van der Waals surface area contributed by atoms with Crippen molar-refractivity contribution >= 4 is 22.4 Å². The van der Waals surface area contributed by atoms with Gasteiger partial charge < -0.3 is 15.5 Å². The van der Waals surface area contributed by atoms with E-state index < -0.39 is 0 Å². The van der Waals surface area contributed by atoms with Gasteiger partial charge in [0.2, 0.25) is 0 Å². The molecule has 28 heavy (non-hydrogen) atoms. The first-order chi connectivity index (χ1) is 13.7. The summed E-state index contributed by atoms with van der Waals surface area (Å²) in [5.41, 5.74) is 3.62. The normalized spacial score (nSPS) is 17.1. The Hall–Kier alpha value is -3.08. The van der Waals surface area contributed by atoms with E-state index in [2.05, 4.69) is 81.0 Å². The van der Waals surface area contributed by atoms with Gasteiger partial charge in [0, 0.05) is 43.4 Å². The molecule has 1 unspecified atom stereocenters. The monoisotopic (exact) mass is 373 g/mol. The Morgan fingerprint density at radius 2 is 1.96 bits per heavy atom. The summed E-state index contributed by atoms with van der Waals surface area (Å²) in [6, 6.07) is 19.5. The number of hydrogen-bond donors (Lipinski definition) is 2. The average molecular weight is 374 g/mol. The largest absolute Gasteiger partial charge is 0.369 e. The Morgan fingerprint density at radius 3 is 2.79 bits per heavy atom. The molecule has 0 aliphatic carbocycles. The molecule has 0 amide bonds. The lowest BCUT2D eigenvalue weighted by molar-refractivity contribution is 0.647. The van der Waals surface area contributed by atoms with E-state index in [4.69, 9.17) is 0 Å². The summed E-state index contributed by atoms with van der Waals surface area (Å²) < 4.78 is 0. The number of rotatable bonds is 4. The highest BCUT2D eigenvalue weighted by atomic mass is 15.2. The van der Waals surface area contributed by atoms with Crippen molar-refractivity contribution in [1.82, 2.24) is 15.6 Å². The van der Waals surface area contributed by atoms with E-state index in [1.165, 1.54) is 22.0 Å². The third kappa shape index (κ3) is 4.09. The van der Waals surface area contributed by atoms with E-state index >= 15 is 0 Å². The Kier molecular flexibility index (Phi) is 5.42. The number of nitrogens with one attached hydrogen (secondary N) is 2. The average Bonchev–Trinajstić information content (AvgIpc) is 3.20. The van der Waals surface area contributed by atoms with Gasteiger partial charge in [-0.25, -0.2) is 0 Å². The molecule has 5 heteroatoms. The molecule has 1 saturated heterocycles. The molecule has 5 nitrogen and oxygen atoms in total. The fourth-order valence-electron chi connectivity index (χ4n) is 3.75. The second-order valence-electron chi connectivity index (χ2n) is 7.32. The summed E-state index contributed by atoms with van der Waals surface area (Å²) >= 11 is 0. The highest BCUT2D eigenvalue weighted by molar-refractivity contribution is 5.85. The molecule has 3 aromatic rings. The lowest BCUT2D eigenvalue weighted by Crippen LogP contribution is -2.44. The number of aryl methyl sites for hydroxylation is 1. The van der Waals surface area contributed by atoms with Crippen LogP contribution in [0.1, 0.15) is 17.7 Å². The van der Waals surface area contributed by atoms with E-state index in [0.29, 0.717) is 12.6 Å². The first-order valence-electron chi connectivity index (χ1n) is 9.84. The van der Waals surface area contributed by atoms with Crippen LogP contribution in [0.5, 0.6) is 0 Å². The number of benzene rings is 2.